The number of ketones is 1. The normalized spacial score (nSPS) is 31.5. The van der Waals surface area contributed by atoms with E-state index in [1.54, 1.807) is 0 Å². The van der Waals surface area contributed by atoms with Gasteiger partial charge in [-0.25, -0.2) is 12.7 Å². The Bertz CT molecular complexity index is 406. The lowest BCUT2D eigenvalue weighted by molar-refractivity contribution is -0.131. The molecule has 18 heavy (non-hydrogen) atoms. The second-order valence-corrected chi connectivity index (χ2v) is 7.34. The minimum Gasteiger partial charge on any atom is -0.380 e. The molecule has 0 aromatic rings. The third-order valence-corrected chi connectivity index (χ3v) is 5.11. The van der Waals surface area contributed by atoms with Crippen LogP contribution in [-0.2, 0) is 19.6 Å². The van der Waals surface area contributed by atoms with E-state index in [1.807, 2.05) is 0 Å². The minimum atomic E-state index is -3.10. The van der Waals surface area contributed by atoms with E-state index < -0.39 is 10.0 Å². The van der Waals surface area contributed by atoms with Crippen LogP contribution in [0.3, 0.4) is 0 Å². The SMILES string of the molecule is CS(=O)(=O)N1CCCC(CC2COCCC2=O)C1. The number of ether oxygens (including phenoxy) is 1. The molecule has 0 aromatic carbocycles. The summed E-state index contributed by atoms with van der Waals surface area (Å²) in [7, 11) is -3.10. The molecule has 0 spiro atoms. The van der Waals surface area contributed by atoms with Gasteiger partial charge in [-0.2, -0.15) is 0 Å². The Hall–Kier alpha value is -0.460. The second-order valence-electron chi connectivity index (χ2n) is 5.35. The van der Waals surface area contributed by atoms with Gasteiger partial charge in [0.2, 0.25) is 10.0 Å². The van der Waals surface area contributed by atoms with E-state index in [-0.39, 0.29) is 11.7 Å². The first kappa shape index (κ1) is 14.0. The molecule has 0 saturated carbocycles. The maximum Gasteiger partial charge on any atom is 0.211 e. The van der Waals surface area contributed by atoms with Gasteiger partial charge in [-0.05, 0) is 25.2 Å². The zero-order valence-corrected chi connectivity index (χ0v) is 11.6. The molecule has 0 aliphatic carbocycles. The van der Waals surface area contributed by atoms with E-state index in [9.17, 15) is 13.2 Å². The lowest BCUT2D eigenvalue weighted by Crippen LogP contribution is -2.41. The molecule has 5 nitrogen and oxygen atoms in total. The van der Waals surface area contributed by atoms with Crippen LogP contribution >= 0.6 is 0 Å². The van der Waals surface area contributed by atoms with Gasteiger partial charge in [0.05, 0.1) is 19.5 Å². The number of piperidine rings is 1. The summed E-state index contributed by atoms with van der Waals surface area (Å²) in [5.74, 6) is 0.546. The van der Waals surface area contributed by atoms with Crippen molar-refractivity contribution in [2.75, 3.05) is 32.6 Å². The van der Waals surface area contributed by atoms with Crippen LogP contribution in [-0.4, -0.2) is 51.1 Å². The molecule has 2 rings (SSSR count). The fourth-order valence-corrected chi connectivity index (χ4v) is 3.76. The topological polar surface area (TPSA) is 63.7 Å². The Labute approximate surface area is 109 Å². The molecule has 2 fully saturated rings. The zero-order valence-electron chi connectivity index (χ0n) is 10.8. The summed E-state index contributed by atoms with van der Waals surface area (Å²) >= 11 is 0. The smallest absolute Gasteiger partial charge is 0.211 e. The van der Waals surface area contributed by atoms with Crippen molar-refractivity contribution in [3.63, 3.8) is 0 Å². The van der Waals surface area contributed by atoms with Crippen LogP contribution in [0.2, 0.25) is 0 Å². The Kier molecular flexibility index (Phi) is 4.40. The van der Waals surface area contributed by atoms with Gasteiger partial charge < -0.3 is 4.74 Å². The predicted molar refractivity (Wildman–Crippen MR) is 67.7 cm³/mol. The molecule has 0 N–H and O–H groups in total. The lowest BCUT2D eigenvalue weighted by atomic mass is 9.86. The number of Topliss-reactive ketones (excluding diaryl/α,β-unsaturated/α-hetero) is 1. The van der Waals surface area contributed by atoms with Crippen LogP contribution in [0.15, 0.2) is 0 Å². The van der Waals surface area contributed by atoms with Gasteiger partial charge in [0, 0.05) is 25.4 Å². The van der Waals surface area contributed by atoms with Crippen LogP contribution in [0.4, 0.5) is 0 Å². The maximum atomic E-state index is 11.7. The van der Waals surface area contributed by atoms with Crippen molar-refractivity contribution < 1.29 is 17.9 Å². The van der Waals surface area contributed by atoms with Crippen LogP contribution in [0.25, 0.3) is 0 Å². The summed E-state index contributed by atoms with van der Waals surface area (Å²) in [4.78, 5) is 11.7. The standard InChI is InChI=1S/C12H21NO4S/c1-18(15,16)13-5-2-3-10(8-13)7-11-9-17-6-4-12(11)14/h10-11H,2-9H2,1H3. The molecule has 6 heteroatoms. The highest BCUT2D eigenvalue weighted by atomic mass is 32.2. The Morgan fingerprint density at radius 1 is 1.44 bits per heavy atom. The number of carbonyl (C=O) groups is 1. The van der Waals surface area contributed by atoms with E-state index in [1.165, 1.54) is 10.6 Å². The van der Waals surface area contributed by atoms with Crippen molar-refractivity contribution in [3.8, 4) is 0 Å². The summed E-state index contributed by atoms with van der Waals surface area (Å²) in [5, 5.41) is 0. The number of sulfonamides is 1. The molecule has 0 bridgehead atoms. The van der Waals surface area contributed by atoms with Crippen molar-refractivity contribution in [3.05, 3.63) is 0 Å². The highest BCUT2D eigenvalue weighted by Gasteiger charge is 2.31. The molecular formula is C12H21NO4S. The largest absolute Gasteiger partial charge is 0.380 e. The fourth-order valence-electron chi connectivity index (χ4n) is 2.82. The van der Waals surface area contributed by atoms with Gasteiger partial charge >= 0.3 is 0 Å². The van der Waals surface area contributed by atoms with Crippen LogP contribution in [0, 0.1) is 11.8 Å². The molecule has 2 saturated heterocycles. The third-order valence-electron chi connectivity index (χ3n) is 3.84. The van der Waals surface area contributed by atoms with Gasteiger partial charge in [0.1, 0.15) is 5.78 Å². The van der Waals surface area contributed by atoms with E-state index in [0.29, 0.717) is 38.6 Å². The average Bonchev–Trinajstić information content (AvgIpc) is 2.31. The highest BCUT2D eigenvalue weighted by molar-refractivity contribution is 7.88. The second kappa shape index (κ2) is 5.67. The van der Waals surface area contributed by atoms with Crippen molar-refractivity contribution in [1.29, 1.82) is 0 Å². The van der Waals surface area contributed by atoms with Crippen molar-refractivity contribution in [2.24, 2.45) is 11.8 Å². The molecule has 104 valence electrons. The van der Waals surface area contributed by atoms with Crippen LogP contribution in [0.5, 0.6) is 0 Å². The van der Waals surface area contributed by atoms with Gasteiger partial charge in [-0.15, -0.1) is 0 Å². The maximum absolute atomic E-state index is 11.7. The lowest BCUT2D eigenvalue weighted by Gasteiger charge is -2.33. The van der Waals surface area contributed by atoms with Gasteiger partial charge in [0.15, 0.2) is 0 Å². The summed E-state index contributed by atoms with van der Waals surface area (Å²) in [5.41, 5.74) is 0. The van der Waals surface area contributed by atoms with Gasteiger partial charge in [-0.1, -0.05) is 0 Å². The minimum absolute atomic E-state index is 0.0248. The zero-order chi connectivity index (χ0) is 13.2. The number of rotatable bonds is 3. The molecule has 2 atom stereocenters. The number of carbonyl (C=O) groups excluding carboxylic acids is 1. The monoisotopic (exact) mass is 275 g/mol. The van der Waals surface area contributed by atoms with Crippen LogP contribution < -0.4 is 0 Å². The first-order valence-electron chi connectivity index (χ1n) is 6.52. The molecule has 2 heterocycles. The number of hydrogen-bond donors (Lipinski definition) is 0. The molecule has 0 radical (unpaired) electrons. The van der Waals surface area contributed by atoms with E-state index in [0.717, 1.165) is 19.3 Å². The molecule has 2 unspecified atom stereocenters. The summed E-state index contributed by atoms with van der Waals surface area (Å²) < 4.78 is 29.9. The van der Waals surface area contributed by atoms with E-state index >= 15 is 0 Å². The van der Waals surface area contributed by atoms with E-state index in [2.05, 4.69) is 0 Å². The van der Waals surface area contributed by atoms with E-state index in [4.69, 9.17) is 4.74 Å². The van der Waals surface area contributed by atoms with Gasteiger partial charge in [-0.3, -0.25) is 4.79 Å². The summed E-state index contributed by atoms with van der Waals surface area (Å²) in [6.45, 7) is 2.22. The first-order valence-corrected chi connectivity index (χ1v) is 8.37. The highest BCUT2D eigenvalue weighted by Crippen LogP contribution is 2.27. The molecule has 0 aromatic heterocycles. The summed E-state index contributed by atoms with van der Waals surface area (Å²) in [6, 6.07) is 0. The van der Waals surface area contributed by atoms with Crippen LogP contribution in [0.1, 0.15) is 25.7 Å². The Morgan fingerprint density at radius 2 is 2.22 bits per heavy atom. The Balaban J connectivity index is 1.91. The quantitative estimate of drug-likeness (QED) is 0.759. The molecule has 2 aliphatic heterocycles. The predicted octanol–water partition coefficient (Wildman–Crippen LogP) is 0.654. The number of nitrogens with zero attached hydrogens (tertiary/aromatic N) is 1. The average molecular weight is 275 g/mol. The summed E-state index contributed by atoms with van der Waals surface area (Å²) in [6.07, 6.45) is 4.43. The van der Waals surface area contributed by atoms with Crippen molar-refractivity contribution in [1.82, 2.24) is 4.31 Å². The molecular weight excluding hydrogens is 254 g/mol. The number of hydrogen-bond acceptors (Lipinski definition) is 4. The van der Waals surface area contributed by atoms with Crippen molar-refractivity contribution >= 4 is 15.8 Å². The van der Waals surface area contributed by atoms with Crippen molar-refractivity contribution in [2.45, 2.75) is 25.7 Å². The van der Waals surface area contributed by atoms with Gasteiger partial charge in [0.25, 0.3) is 0 Å². The third kappa shape index (κ3) is 3.52. The fraction of sp³-hybridized carbons (Fsp3) is 0.917. The molecule has 2 aliphatic rings. The first-order chi connectivity index (χ1) is 8.47. The molecule has 0 amide bonds. The Morgan fingerprint density at radius 3 is 2.89 bits per heavy atom.